The van der Waals surface area contributed by atoms with Crippen LogP contribution in [0.15, 0.2) is 70.1 Å². The molecule has 1 aliphatic rings. The Morgan fingerprint density at radius 3 is 2.38 bits per heavy atom. The van der Waals surface area contributed by atoms with E-state index in [2.05, 4.69) is 4.98 Å². The minimum atomic E-state index is -3.65. The third-order valence-corrected chi connectivity index (χ3v) is 5.27. The molecule has 0 unspecified atom stereocenters. The Hall–Kier alpha value is -2.44. The highest BCUT2D eigenvalue weighted by molar-refractivity contribution is 7.89. The van der Waals surface area contributed by atoms with Crippen LogP contribution in [-0.2, 0) is 10.0 Å². The number of nitrogens with zero attached hydrogens (tertiary/aromatic N) is 1. The maximum Gasteiger partial charge on any atom is 0.238 e. The van der Waals surface area contributed by atoms with Crippen molar-refractivity contribution in [3.63, 3.8) is 0 Å². The number of rotatable bonds is 4. The van der Waals surface area contributed by atoms with E-state index in [4.69, 9.17) is 9.56 Å². The quantitative estimate of drug-likeness (QED) is 0.790. The lowest BCUT2D eigenvalue weighted by atomic mass is 10.1. The molecule has 2 N–H and O–H groups in total. The maximum atomic E-state index is 11.3. The van der Waals surface area contributed by atoms with Crippen LogP contribution in [0.3, 0.4) is 0 Å². The standard InChI is InChI=1S/C18H16N2O3S/c19-24(21,22)14-8-6-12(7-9-14)15-10-16(15)17-11-20-18(23-17)13-4-2-1-3-5-13/h1-9,11,15-16H,10H2,(H2,19,21,22)/t15-,16+/m1/s1. The molecule has 5 nitrogen and oxygen atoms in total. The molecule has 122 valence electrons. The Morgan fingerprint density at radius 2 is 1.71 bits per heavy atom. The first-order valence-corrected chi connectivity index (χ1v) is 9.21. The fourth-order valence-electron chi connectivity index (χ4n) is 2.95. The van der Waals surface area contributed by atoms with Crippen LogP contribution in [0.4, 0.5) is 0 Å². The second kappa shape index (κ2) is 5.58. The monoisotopic (exact) mass is 340 g/mol. The fourth-order valence-corrected chi connectivity index (χ4v) is 3.47. The number of oxazole rings is 1. The minimum Gasteiger partial charge on any atom is -0.441 e. The molecule has 24 heavy (non-hydrogen) atoms. The molecule has 1 saturated carbocycles. The van der Waals surface area contributed by atoms with E-state index in [1.165, 1.54) is 0 Å². The van der Waals surface area contributed by atoms with Crippen LogP contribution in [0, 0.1) is 0 Å². The third kappa shape index (κ3) is 2.86. The SMILES string of the molecule is NS(=O)(=O)c1ccc([C@H]2C[C@@H]2c2cnc(-c3ccccc3)o2)cc1. The zero-order valence-electron chi connectivity index (χ0n) is 12.8. The van der Waals surface area contributed by atoms with Gasteiger partial charge in [-0.25, -0.2) is 18.5 Å². The molecule has 2 aromatic carbocycles. The van der Waals surface area contributed by atoms with Crippen molar-refractivity contribution in [3.05, 3.63) is 72.1 Å². The fraction of sp³-hybridized carbons (Fsp3) is 0.167. The van der Waals surface area contributed by atoms with Crippen molar-refractivity contribution in [2.45, 2.75) is 23.2 Å². The number of sulfonamides is 1. The molecule has 0 radical (unpaired) electrons. The van der Waals surface area contributed by atoms with E-state index in [9.17, 15) is 8.42 Å². The number of hydrogen-bond acceptors (Lipinski definition) is 4. The first kappa shape index (κ1) is 15.1. The van der Waals surface area contributed by atoms with Crippen LogP contribution >= 0.6 is 0 Å². The van der Waals surface area contributed by atoms with Gasteiger partial charge in [-0.05, 0) is 42.2 Å². The molecule has 1 fully saturated rings. The lowest BCUT2D eigenvalue weighted by Crippen LogP contribution is -2.11. The van der Waals surface area contributed by atoms with E-state index in [0.717, 1.165) is 23.3 Å². The molecule has 4 rings (SSSR count). The summed E-state index contributed by atoms with van der Waals surface area (Å²) in [6.45, 7) is 0. The van der Waals surface area contributed by atoms with Gasteiger partial charge in [-0.15, -0.1) is 0 Å². The topological polar surface area (TPSA) is 86.2 Å². The second-order valence-electron chi connectivity index (χ2n) is 6.00. The summed E-state index contributed by atoms with van der Waals surface area (Å²) >= 11 is 0. The summed E-state index contributed by atoms with van der Waals surface area (Å²) in [7, 11) is -3.65. The molecule has 6 heteroatoms. The van der Waals surface area contributed by atoms with Crippen LogP contribution in [0.2, 0.25) is 0 Å². The third-order valence-electron chi connectivity index (χ3n) is 4.34. The van der Waals surface area contributed by atoms with Gasteiger partial charge in [-0.1, -0.05) is 30.3 Å². The van der Waals surface area contributed by atoms with Crippen molar-refractivity contribution >= 4 is 10.0 Å². The van der Waals surface area contributed by atoms with Gasteiger partial charge in [0.05, 0.1) is 11.1 Å². The average molecular weight is 340 g/mol. The van der Waals surface area contributed by atoms with Gasteiger partial charge in [-0.2, -0.15) is 0 Å². The minimum absolute atomic E-state index is 0.134. The normalized spacial score (nSPS) is 20.0. The van der Waals surface area contributed by atoms with Crippen LogP contribution in [0.25, 0.3) is 11.5 Å². The molecule has 3 aromatic rings. The van der Waals surface area contributed by atoms with Crippen molar-refractivity contribution in [2.75, 3.05) is 0 Å². The van der Waals surface area contributed by atoms with Crippen LogP contribution in [-0.4, -0.2) is 13.4 Å². The number of aromatic nitrogens is 1. The zero-order valence-corrected chi connectivity index (χ0v) is 13.6. The lowest BCUT2D eigenvalue weighted by Gasteiger charge is -2.01. The molecule has 1 aliphatic carbocycles. The van der Waals surface area contributed by atoms with Crippen molar-refractivity contribution in [1.29, 1.82) is 0 Å². The number of benzene rings is 2. The Kier molecular flexibility index (Phi) is 3.51. The zero-order chi connectivity index (χ0) is 16.7. The second-order valence-corrected chi connectivity index (χ2v) is 7.56. The number of nitrogens with two attached hydrogens (primary N) is 1. The highest BCUT2D eigenvalue weighted by Crippen LogP contribution is 2.55. The summed E-state index contributed by atoms with van der Waals surface area (Å²) in [5.74, 6) is 2.11. The molecule has 0 bridgehead atoms. The van der Waals surface area contributed by atoms with E-state index in [-0.39, 0.29) is 10.8 Å². The summed E-state index contributed by atoms with van der Waals surface area (Å²) in [5.41, 5.74) is 2.04. The van der Waals surface area contributed by atoms with Gasteiger partial charge in [0.2, 0.25) is 15.9 Å². The van der Waals surface area contributed by atoms with Crippen molar-refractivity contribution in [1.82, 2.24) is 4.98 Å². The van der Waals surface area contributed by atoms with Crippen LogP contribution in [0.5, 0.6) is 0 Å². The number of primary sulfonamides is 1. The predicted octanol–water partition coefficient (Wildman–Crippen LogP) is 3.26. The molecule has 0 spiro atoms. The van der Waals surface area contributed by atoms with Crippen molar-refractivity contribution in [2.24, 2.45) is 5.14 Å². The van der Waals surface area contributed by atoms with E-state index in [0.29, 0.717) is 11.8 Å². The summed E-state index contributed by atoms with van der Waals surface area (Å²) in [4.78, 5) is 4.49. The predicted molar refractivity (Wildman–Crippen MR) is 89.9 cm³/mol. The van der Waals surface area contributed by atoms with Crippen molar-refractivity contribution in [3.8, 4) is 11.5 Å². The highest BCUT2D eigenvalue weighted by atomic mass is 32.2. The highest BCUT2D eigenvalue weighted by Gasteiger charge is 2.42. The Labute approximate surface area is 140 Å². The largest absolute Gasteiger partial charge is 0.441 e. The van der Waals surface area contributed by atoms with Gasteiger partial charge < -0.3 is 4.42 Å². The molecule has 1 aromatic heterocycles. The van der Waals surface area contributed by atoms with Gasteiger partial charge in [0.25, 0.3) is 0 Å². The molecule has 0 saturated heterocycles. The Morgan fingerprint density at radius 1 is 1.00 bits per heavy atom. The average Bonchev–Trinajstić information content (AvgIpc) is 3.23. The summed E-state index contributed by atoms with van der Waals surface area (Å²) in [6, 6.07) is 16.5. The summed E-state index contributed by atoms with van der Waals surface area (Å²) in [5, 5.41) is 5.12. The maximum absolute atomic E-state index is 11.3. The van der Waals surface area contributed by atoms with E-state index >= 15 is 0 Å². The van der Waals surface area contributed by atoms with E-state index in [1.807, 2.05) is 42.5 Å². The molecular formula is C18H16N2O3S. The van der Waals surface area contributed by atoms with E-state index in [1.54, 1.807) is 18.3 Å². The Bertz CT molecular complexity index is 963. The molecule has 1 heterocycles. The first-order chi connectivity index (χ1) is 11.5. The molecular weight excluding hydrogens is 324 g/mol. The van der Waals surface area contributed by atoms with Crippen LogP contribution < -0.4 is 5.14 Å². The molecule has 2 atom stereocenters. The van der Waals surface area contributed by atoms with Gasteiger partial charge in [0.15, 0.2) is 0 Å². The summed E-state index contributed by atoms with van der Waals surface area (Å²) in [6.07, 6.45) is 2.75. The molecule has 0 amide bonds. The Balaban J connectivity index is 1.52. The van der Waals surface area contributed by atoms with Gasteiger partial charge in [0, 0.05) is 11.5 Å². The van der Waals surface area contributed by atoms with E-state index < -0.39 is 10.0 Å². The van der Waals surface area contributed by atoms with Gasteiger partial charge in [-0.3, -0.25) is 0 Å². The molecule has 0 aliphatic heterocycles. The number of hydrogen-bond donors (Lipinski definition) is 1. The first-order valence-electron chi connectivity index (χ1n) is 7.66. The smallest absolute Gasteiger partial charge is 0.238 e. The van der Waals surface area contributed by atoms with Crippen molar-refractivity contribution < 1.29 is 12.8 Å². The van der Waals surface area contributed by atoms with Gasteiger partial charge >= 0.3 is 0 Å². The lowest BCUT2D eigenvalue weighted by molar-refractivity contribution is 0.518. The van der Waals surface area contributed by atoms with Crippen LogP contribution in [0.1, 0.15) is 29.6 Å². The van der Waals surface area contributed by atoms with Gasteiger partial charge in [0.1, 0.15) is 5.76 Å². The summed E-state index contributed by atoms with van der Waals surface area (Å²) < 4.78 is 28.5.